The molecule has 0 N–H and O–H groups in total. The van der Waals surface area contributed by atoms with Crippen LogP contribution in [0.1, 0.15) is 39.2 Å². The summed E-state index contributed by atoms with van der Waals surface area (Å²) in [5.41, 5.74) is 1.89. The van der Waals surface area contributed by atoms with Crippen molar-refractivity contribution in [3.05, 3.63) is 60.2 Å². The fourth-order valence-electron chi connectivity index (χ4n) is 4.73. The van der Waals surface area contributed by atoms with Crippen LogP contribution in [0.2, 0.25) is 0 Å². The zero-order valence-corrected chi connectivity index (χ0v) is 22.5. The first-order chi connectivity index (χ1) is 18.4. The molecule has 2 aliphatic heterocycles. The molecule has 9 heteroatoms. The largest absolute Gasteiger partial charge is 0.492 e. The molecule has 0 aromatic heterocycles. The Kier molecular flexibility index (Phi) is 8.99. The number of likely N-dealkylation sites (N-methyl/N-ethyl adjacent to an activating group) is 1. The van der Waals surface area contributed by atoms with Crippen LogP contribution in [0.15, 0.2) is 64.7 Å². The van der Waals surface area contributed by atoms with Crippen molar-refractivity contribution >= 4 is 23.4 Å². The average Bonchev–Trinajstić information content (AvgIpc) is 3.22. The van der Waals surface area contributed by atoms with Crippen LogP contribution in [-0.4, -0.2) is 78.3 Å². The molecule has 2 unspecified atom stereocenters. The van der Waals surface area contributed by atoms with E-state index >= 15 is 0 Å². The monoisotopic (exact) mass is 520 g/mol. The molecule has 0 saturated heterocycles. The van der Waals surface area contributed by atoms with Crippen molar-refractivity contribution in [1.82, 2.24) is 9.91 Å². The molecule has 0 fully saturated rings. The number of hydrazone groups is 1. The molecule has 0 saturated carbocycles. The van der Waals surface area contributed by atoms with Crippen molar-refractivity contribution in [1.29, 1.82) is 0 Å². The predicted molar refractivity (Wildman–Crippen MR) is 146 cm³/mol. The summed E-state index contributed by atoms with van der Waals surface area (Å²) >= 11 is 0. The summed E-state index contributed by atoms with van der Waals surface area (Å²) < 4.78 is 17.0. The Bertz CT molecular complexity index is 1170. The molecule has 2 aliphatic rings. The lowest BCUT2D eigenvalue weighted by molar-refractivity contribution is -0.151. The number of benzene rings is 2. The van der Waals surface area contributed by atoms with Gasteiger partial charge in [-0.25, -0.2) is 4.79 Å². The Morgan fingerprint density at radius 3 is 2.47 bits per heavy atom. The number of rotatable bonds is 12. The van der Waals surface area contributed by atoms with E-state index < -0.39 is 12.1 Å². The van der Waals surface area contributed by atoms with Crippen LogP contribution in [0.5, 0.6) is 11.5 Å². The Morgan fingerprint density at radius 1 is 1.05 bits per heavy atom. The molecule has 0 spiro atoms. The number of hydrogen-bond donors (Lipinski definition) is 0. The smallest absolute Gasteiger partial charge is 0.347 e. The topological polar surface area (TPSA) is 93.0 Å². The molecule has 38 heavy (non-hydrogen) atoms. The molecule has 2 aromatic rings. The summed E-state index contributed by atoms with van der Waals surface area (Å²) in [5.74, 6) is 1.58. The van der Waals surface area contributed by atoms with E-state index in [0.717, 1.165) is 24.1 Å². The highest BCUT2D eigenvalue weighted by Gasteiger charge is 2.45. The van der Waals surface area contributed by atoms with Gasteiger partial charge in [-0.15, -0.1) is 0 Å². The van der Waals surface area contributed by atoms with E-state index in [-0.39, 0.29) is 24.6 Å². The van der Waals surface area contributed by atoms with Gasteiger partial charge in [-0.2, -0.15) is 5.10 Å². The molecule has 4 rings (SSSR count). The molecule has 9 nitrogen and oxygen atoms in total. The third-order valence-electron chi connectivity index (χ3n) is 6.57. The lowest BCUT2D eigenvalue weighted by Crippen LogP contribution is -2.56. The van der Waals surface area contributed by atoms with Gasteiger partial charge in [0.2, 0.25) is 0 Å². The summed E-state index contributed by atoms with van der Waals surface area (Å²) in [7, 11) is 1.84. The number of carbonyl (C=O) groups is 2. The van der Waals surface area contributed by atoms with Crippen LogP contribution in [0.3, 0.4) is 0 Å². The molecule has 202 valence electrons. The number of fused-ring (bicyclic) bond motifs is 1. The van der Waals surface area contributed by atoms with Gasteiger partial charge >= 0.3 is 5.97 Å². The number of amidine groups is 1. The zero-order valence-electron chi connectivity index (χ0n) is 22.5. The molecule has 0 aliphatic carbocycles. The molecule has 0 radical (unpaired) electrons. The fourth-order valence-corrected chi connectivity index (χ4v) is 4.73. The molecule has 3 atom stereocenters. The van der Waals surface area contributed by atoms with Crippen LogP contribution < -0.4 is 9.47 Å². The lowest BCUT2D eigenvalue weighted by Gasteiger charge is -2.34. The minimum absolute atomic E-state index is 0.00206. The van der Waals surface area contributed by atoms with Crippen LogP contribution >= 0.6 is 0 Å². The van der Waals surface area contributed by atoms with Gasteiger partial charge in [0.1, 0.15) is 30.0 Å². The maximum absolute atomic E-state index is 13.2. The quantitative estimate of drug-likeness (QED) is 0.396. The fraction of sp³-hybridized carbons (Fsp3) is 0.448. The normalized spacial score (nSPS) is 19.4. The van der Waals surface area contributed by atoms with E-state index in [4.69, 9.17) is 19.2 Å². The van der Waals surface area contributed by atoms with E-state index in [0.29, 0.717) is 36.9 Å². The molecular formula is C29H36N4O5. The third kappa shape index (κ3) is 6.33. The highest BCUT2D eigenvalue weighted by Crippen LogP contribution is 2.26. The van der Waals surface area contributed by atoms with Crippen molar-refractivity contribution in [2.45, 2.75) is 58.2 Å². The Hall–Kier alpha value is -3.88. The van der Waals surface area contributed by atoms with Gasteiger partial charge in [0.25, 0.3) is 5.91 Å². The second kappa shape index (κ2) is 12.6. The van der Waals surface area contributed by atoms with E-state index in [1.165, 1.54) is 0 Å². The molecule has 1 amide bonds. The summed E-state index contributed by atoms with van der Waals surface area (Å²) in [5, 5.41) is 6.31. The number of amides is 1. The minimum Gasteiger partial charge on any atom is -0.492 e. The van der Waals surface area contributed by atoms with Gasteiger partial charge in [-0.1, -0.05) is 43.7 Å². The van der Waals surface area contributed by atoms with Crippen molar-refractivity contribution in [2.75, 3.05) is 26.8 Å². The van der Waals surface area contributed by atoms with Crippen LogP contribution in [0.25, 0.3) is 0 Å². The first-order valence-corrected chi connectivity index (χ1v) is 13.2. The van der Waals surface area contributed by atoms with Gasteiger partial charge in [-0.05, 0) is 50.1 Å². The summed E-state index contributed by atoms with van der Waals surface area (Å²) in [4.78, 5) is 32.2. The van der Waals surface area contributed by atoms with E-state index in [9.17, 15) is 9.59 Å². The summed E-state index contributed by atoms with van der Waals surface area (Å²) in [6, 6.07) is 16.2. The van der Waals surface area contributed by atoms with Gasteiger partial charge < -0.3 is 14.2 Å². The predicted octanol–water partition coefficient (Wildman–Crippen LogP) is 3.72. The molecular weight excluding hydrogens is 484 g/mol. The SMILES string of the molecule is CCCC1=NN(C)C2C(=O)N(CCOc3ccc(C[C@H](Oc4ccccc4)C(=O)OCC)cc3)C(C)=NC12. The second-order valence-corrected chi connectivity index (χ2v) is 9.34. The number of aliphatic imine (C=N–C) groups is 1. The number of para-hydroxylation sites is 1. The number of carbonyl (C=O) groups excluding carboxylic acids is 2. The third-order valence-corrected chi connectivity index (χ3v) is 6.57. The standard InChI is InChI=1S/C29H36N4O5/c1-5-10-24-26-27(32(4)31-24)28(34)33(20(3)30-26)17-18-37-22-15-13-21(14-16-22)19-25(29(35)36-6-2)38-23-11-8-7-9-12-23/h7-9,11-16,25-27H,5-6,10,17-19H2,1-4H3/t25-,26?,27?/m0/s1. The number of ether oxygens (including phenoxy) is 3. The first-order valence-electron chi connectivity index (χ1n) is 13.2. The Morgan fingerprint density at radius 2 is 1.79 bits per heavy atom. The summed E-state index contributed by atoms with van der Waals surface area (Å²) in [6.07, 6.45) is 1.42. The Labute approximate surface area is 224 Å². The van der Waals surface area contributed by atoms with Crippen molar-refractivity contribution in [3.8, 4) is 11.5 Å². The van der Waals surface area contributed by atoms with E-state index in [1.54, 1.807) is 16.8 Å². The lowest BCUT2D eigenvalue weighted by atomic mass is 9.98. The summed E-state index contributed by atoms with van der Waals surface area (Å²) in [6.45, 7) is 6.74. The van der Waals surface area contributed by atoms with Gasteiger partial charge in [0, 0.05) is 13.5 Å². The highest BCUT2D eigenvalue weighted by molar-refractivity contribution is 6.08. The minimum atomic E-state index is -0.754. The Balaban J connectivity index is 1.33. The highest BCUT2D eigenvalue weighted by atomic mass is 16.6. The van der Waals surface area contributed by atoms with E-state index in [1.807, 2.05) is 68.6 Å². The molecule has 0 bridgehead atoms. The maximum Gasteiger partial charge on any atom is 0.347 e. The molecule has 2 heterocycles. The van der Waals surface area contributed by atoms with Crippen molar-refractivity contribution in [2.24, 2.45) is 10.1 Å². The number of esters is 1. The van der Waals surface area contributed by atoms with Crippen molar-refractivity contribution < 1.29 is 23.8 Å². The van der Waals surface area contributed by atoms with Crippen LogP contribution in [-0.2, 0) is 20.7 Å². The first kappa shape index (κ1) is 27.2. The van der Waals surface area contributed by atoms with E-state index in [2.05, 4.69) is 12.0 Å². The van der Waals surface area contributed by atoms with Crippen molar-refractivity contribution in [3.63, 3.8) is 0 Å². The van der Waals surface area contributed by atoms with Gasteiger partial charge in [-0.3, -0.25) is 19.7 Å². The maximum atomic E-state index is 13.2. The van der Waals surface area contributed by atoms with Gasteiger partial charge in [0.05, 0.1) is 18.9 Å². The average molecular weight is 521 g/mol. The van der Waals surface area contributed by atoms with Crippen LogP contribution in [0, 0.1) is 0 Å². The molecule has 2 aromatic carbocycles. The number of hydrogen-bond acceptors (Lipinski definition) is 8. The second-order valence-electron chi connectivity index (χ2n) is 9.34. The van der Waals surface area contributed by atoms with Gasteiger partial charge in [0.15, 0.2) is 12.1 Å². The van der Waals surface area contributed by atoms with Crippen LogP contribution in [0.4, 0.5) is 0 Å². The zero-order chi connectivity index (χ0) is 27.1. The number of nitrogens with zero attached hydrogens (tertiary/aromatic N) is 4.